The van der Waals surface area contributed by atoms with Gasteiger partial charge < -0.3 is 9.88 Å². The van der Waals surface area contributed by atoms with Crippen molar-refractivity contribution in [3.05, 3.63) is 83.7 Å². The molecule has 3 aromatic rings. The van der Waals surface area contributed by atoms with Gasteiger partial charge in [0.05, 0.1) is 17.7 Å². The Bertz CT molecular complexity index is 999. The first kappa shape index (κ1) is 19.3. The molecule has 1 aromatic heterocycles. The highest BCUT2D eigenvalue weighted by Gasteiger charge is 2.37. The lowest BCUT2D eigenvalue weighted by Crippen LogP contribution is -2.42. The van der Waals surface area contributed by atoms with Crippen LogP contribution in [0, 0.1) is 5.82 Å². The summed E-state index contributed by atoms with van der Waals surface area (Å²) in [5.74, 6) is -0.546. The zero-order chi connectivity index (χ0) is 20.4. The normalized spacial score (nSPS) is 16.6. The minimum Gasteiger partial charge on any atom is -0.330 e. The SMILES string of the molecule is CC(C)n1cnc2c1[C@@H](C(=O)Nc1cccc(F)c1)N(Cc1ccccc1)CC2. The Labute approximate surface area is 170 Å². The fourth-order valence-corrected chi connectivity index (χ4v) is 3.92. The maximum absolute atomic E-state index is 13.6. The first-order valence-electron chi connectivity index (χ1n) is 9.93. The topological polar surface area (TPSA) is 50.2 Å². The maximum Gasteiger partial charge on any atom is 0.247 e. The van der Waals surface area contributed by atoms with Gasteiger partial charge in [0.1, 0.15) is 11.9 Å². The molecule has 2 heterocycles. The van der Waals surface area contributed by atoms with Crippen LogP contribution in [0.25, 0.3) is 0 Å². The van der Waals surface area contributed by atoms with E-state index in [4.69, 9.17) is 0 Å². The van der Waals surface area contributed by atoms with Gasteiger partial charge in [-0.25, -0.2) is 9.37 Å². The third-order valence-electron chi connectivity index (χ3n) is 5.30. The van der Waals surface area contributed by atoms with Gasteiger partial charge in [-0.15, -0.1) is 0 Å². The fraction of sp³-hybridized carbons (Fsp3) is 0.304. The van der Waals surface area contributed by atoms with Crippen molar-refractivity contribution in [2.24, 2.45) is 0 Å². The molecule has 0 unspecified atom stereocenters. The summed E-state index contributed by atoms with van der Waals surface area (Å²) in [5.41, 5.74) is 3.49. The molecule has 0 bridgehead atoms. The molecule has 6 heteroatoms. The number of nitrogens with one attached hydrogen (secondary N) is 1. The van der Waals surface area contributed by atoms with E-state index >= 15 is 0 Å². The number of nitrogens with zero attached hydrogens (tertiary/aromatic N) is 3. The number of benzene rings is 2. The number of carbonyl (C=O) groups excluding carboxylic acids is 1. The number of anilines is 1. The number of hydrogen-bond acceptors (Lipinski definition) is 3. The molecule has 5 nitrogen and oxygen atoms in total. The third-order valence-corrected chi connectivity index (χ3v) is 5.30. The van der Waals surface area contributed by atoms with Crippen LogP contribution in [0.3, 0.4) is 0 Å². The van der Waals surface area contributed by atoms with E-state index in [1.165, 1.54) is 12.1 Å². The Morgan fingerprint density at radius 1 is 1.21 bits per heavy atom. The molecule has 0 saturated heterocycles. The van der Waals surface area contributed by atoms with Gasteiger partial charge in [-0.05, 0) is 37.6 Å². The van der Waals surface area contributed by atoms with Crippen molar-refractivity contribution in [2.75, 3.05) is 11.9 Å². The van der Waals surface area contributed by atoms with Gasteiger partial charge in [0, 0.05) is 31.2 Å². The largest absolute Gasteiger partial charge is 0.330 e. The summed E-state index contributed by atoms with van der Waals surface area (Å²) in [7, 11) is 0. The van der Waals surface area contributed by atoms with E-state index < -0.39 is 6.04 Å². The molecule has 4 rings (SSSR count). The van der Waals surface area contributed by atoms with E-state index in [9.17, 15) is 9.18 Å². The summed E-state index contributed by atoms with van der Waals surface area (Å²) in [6.07, 6.45) is 2.62. The van der Waals surface area contributed by atoms with Crippen LogP contribution in [-0.4, -0.2) is 26.9 Å². The van der Waals surface area contributed by atoms with E-state index in [0.717, 1.165) is 29.9 Å². The lowest BCUT2D eigenvalue weighted by atomic mass is 9.99. The van der Waals surface area contributed by atoms with Crippen molar-refractivity contribution in [3.63, 3.8) is 0 Å². The smallest absolute Gasteiger partial charge is 0.247 e. The molecule has 1 atom stereocenters. The van der Waals surface area contributed by atoms with Crippen LogP contribution in [0.5, 0.6) is 0 Å². The number of amides is 1. The summed E-state index contributed by atoms with van der Waals surface area (Å²) in [6, 6.07) is 15.8. The number of imidazole rings is 1. The van der Waals surface area contributed by atoms with Crippen molar-refractivity contribution in [1.82, 2.24) is 14.5 Å². The maximum atomic E-state index is 13.6. The molecule has 1 N–H and O–H groups in total. The van der Waals surface area contributed by atoms with E-state index in [2.05, 4.69) is 45.7 Å². The lowest BCUT2D eigenvalue weighted by Gasteiger charge is -2.36. The first-order valence-corrected chi connectivity index (χ1v) is 9.93. The van der Waals surface area contributed by atoms with Crippen molar-refractivity contribution in [3.8, 4) is 0 Å². The van der Waals surface area contributed by atoms with Crippen molar-refractivity contribution in [2.45, 2.75) is 38.9 Å². The highest BCUT2D eigenvalue weighted by molar-refractivity contribution is 5.95. The molecule has 0 spiro atoms. The standard InChI is InChI=1S/C23H25FN4O/c1-16(2)28-15-25-20-11-12-27(14-17-7-4-3-5-8-17)22(21(20)28)23(29)26-19-10-6-9-18(24)13-19/h3-10,13,15-16,22H,11-12,14H2,1-2H3,(H,26,29)/t22-/m0/s1. The predicted octanol–water partition coefficient (Wildman–Crippen LogP) is 4.34. The number of rotatable bonds is 5. The number of hydrogen-bond donors (Lipinski definition) is 1. The molecule has 0 fully saturated rings. The average Bonchev–Trinajstić information content (AvgIpc) is 3.13. The van der Waals surface area contributed by atoms with E-state index in [1.54, 1.807) is 12.1 Å². The van der Waals surface area contributed by atoms with Gasteiger partial charge in [0.2, 0.25) is 5.91 Å². The van der Waals surface area contributed by atoms with Crippen LogP contribution in [0.1, 0.15) is 42.9 Å². The number of fused-ring (bicyclic) bond motifs is 1. The van der Waals surface area contributed by atoms with Crippen LogP contribution in [-0.2, 0) is 17.8 Å². The summed E-state index contributed by atoms with van der Waals surface area (Å²) >= 11 is 0. The van der Waals surface area contributed by atoms with Crippen LogP contribution in [0.4, 0.5) is 10.1 Å². The van der Waals surface area contributed by atoms with Gasteiger partial charge in [-0.2, -0.15) is 0 Å². The van der Waals surface area contributed by atoms with Gasteiger partial charge in [-0.3, -0.25) is 9.69 Å². The molecule has 0 radical (unpaired) electrons. The monoisotopic (exact) mass is 392 g/mol. The second-order valence-electron chi connectivity index (χ2n) is 7.69. The zero-order valence-electron chi connectivity index (χ0n) is 16.7. The second kappa shape index (κ2) is 8.17. The van der Waals surface area contributed by atoms with Crippen molar-refractivity contribution in [1.29, 1.82) is 0 Å². The Morgan fingerprint density at radius 2 is 2.00 bits per heavy atom. The molecule has 1 aliphatic rings. The van der Waals surface area contributed by atoms with E-state index in [-0.39, 0.29) is 17.8 Å². The predicted molar refractivity (Wildman–Crippen MR) is 111 cm³/mol. The van der Waals surface area contributed by atoms with E-state index in [1.807, 2.05) is 24.5 Å². The number of carbonyl (C=O) groups is 1. The molecule has 1 amide bonds. The molecule has 2 aromatic carbocycles. The summed E-state index contributed by atoms with van der Waals surface area (Å²) in [4.78, 5) is 20.1. The van der Waals surface area contributed by atoms with Crippen LogP contribution >= 0.6 is 0 Å². The van der Waals surface area contributed by atoms with Crippen LogP contribution in [0.15, 0.2) is 60.9 Å². The molecule has 29 heavy (non-hydrogen) atoms. The molecule has 1 aliphatic heterocycles. The molecular weight excluding hydrogens is 367 g/mol. The Hall–Kier alpha value is -2.99. The summed E-state index contributed by atoms with van der Waals surface area (Å²) in [5, 5.41) is 2.90. The minimum atomic E-state index is -0.493. The summed E-state index contributed by atoms with van der Waals surface area (Å²) in [6.45, 7) is 5.56. The highest BCUT2D eigenvalue weighted by Crippen LogP contribution is 2.33. The second-order valence-corrected chi connectivity index (χ2v) is 7.69. The average molecular weight is 392 g/mol. The third kappa shape index (κ3) is 4.07. The molecule has 0 saturated carbocycles. The van der Waals surface area contributed by atoms with Crippen molar-refractivity contribution >= 4 is 11.6 Å². The molecular formula is C23H25FN4O. The minimum absolute atomic E-state index is 0.171. The zero-order valence-corrected chi connectivity index (χ0v) is 16.7. The lowest BCUT2D eigenvalue weighted by molar-refractivity contribution is -0.122. The van der Waals surface area contributed by atoms with E-state index in [0.29, 0.717) is 12.2 Å². The summed E-state index contributed by atoms with van der Waals surface area (Å²) < 4.78 is 15.7. The first-order chi connectivity index (χ1) is 14.0. The Balaban J connectivity index is 1.69. The van der Waals surface area contributed by atoms with Gasteiger partial charge in [-0.1, -0.05) is 36.4 Å². The molecule has 150 valence electrons. The quantitative estimate of drug-likeness (QED) is 0.703. The number of halogens is 1. The van der Waals surface area contributed by atoms with Crippen LogP contribution < -0.4 is 5.32 Å². The molecule has 0 aliphatic carbocycles. The van der Waals surface area contributed by atoms with Gasteiger partial charge in [0.25, 0.3) is 0 Å². The Morgan fingerprint density at radius 3 is 2.72 bits per heavy atom. The number of aromatic nitrogens is 2. The Kier molecular flexibility index (Phi) is 5.45. The van der Waals surface area contributed by atoms with Crippen molar-refractivity contribution < 1.29 is 9.18 Å². The highest BCUT2D eigenvalue weighted by atomic mass is 19.1. The van der Waals surface area contributed by atoms with Gasteiger partial charge in [0.15, 0.2) is 0 Å². The van der Waals surface area contributed by atoms with Crippen LogP contribution in [0.2, 0.25) is 0 Å². The van der Waals surface area contributed by atoms with Gasteiger partial charge >= 0.3 is 0 Å². The fourth-order valence-electron chi connectivity index (χ4n) is 3.92.